The number of H-pyrrole nitrogens is 1. The standard InChI is InChI=1S/C11H10N2O2S/c12-10(14)6-15-9-5-13-11(16)8-4-2-1-3-7(8)9/h1-5H,6H2,(H2,12,14)(H,13,16). The molecule has 16 heavy (non-hydrogen) atoms. The summed E-state index contributed by atoms with van der Waals surface area (Å²) < 4.78 is 5.92. The number of aromatic nitrogens is 1. The minimum absolute atomic E-state index is 0.144. The van der Waals surface area contributed by atoms with Gasteiger partial charge in [0, 0.05) is 17.0 Å². The molecule has 0 unspecified atom stereocenters. The smallest absolute Gasteiger partial charge is 0.255 e. The Morgan fingerprint density at radius 3 is 2.75 bits per heavy atom. The number of nitrogens with two attached hydrogens (primary N) is 1. The first kappa shape index (κ1) is 10.6. The summed E-state index contributed by atoms with van der Waals surface area (Å²) in [5.41, 5.74) is 5.02. The van der Waals surface area contributed by atoms with Gasteiger partial charge in [-0.05, 0) is 0 Å². The topological polar surface area (TPSA) is 68.1 Å². The average molecular weight is 234 g/mol. The predicted octanol–water partition coefficient (Wildman–Crippen LogP) is 1.76. The van der Waals surface area contributed by atoms with Gasteiger partial charge in [0.15, 0.2) is 6.61 Å². The van der Waals surface area contributed by atoms with Gasteiger partial charge in [0.1, 0.15) is 10.4 Å². The number of ether oxygens (including phenoxy) is 1. The molecule has 5 heteroatoms. The van der Waals surface area contributed by atoms with Gasteiger partial charge in [-0.3, -0.25) is 4.79 Å². The van der Waals surface area contributed by atoms with E-state index >= 15 is 0 Å². The molecule has 2 aromatic rings. The first-order valence-electron chi connectivity index (χ1n) is 4.70. The lowest BCUT2D eigenvalue weighted by atomic mass is 10.2. The van der Waals surface area contributed by atoms with Crippen molar-refractivity contribution in [2.45, 2.75) is 0 Å². The van der Waals surface area contributed by atoms with E-state index in [9.17, 15) is 4.79 Å². The van der Waals surface area contributed by atoms with Gasteiger partial charge in [0.05, 0.1) is 0 Å². The Hall–Kier alpha value is -1.88. The number of aromatic amines is 1. The Bertz CT molecular complexity index is 592. The number of carbonyl (C=O) groups is 1. The van der Waals surface area contributed by atoms with E-state index in [1.807, 2.05) is 24.3 Å². The van der Waals surface area contributed by atoms with Gasteiger partial charge in [-0.15, -0.1) is 0 Å². The third-order valence-corrected chi connectivity index (χ3v) is 2.48. The zero-order chi connectivity index (χ0) is 11.5. The minimum Gasteiger partial charge on any atom is -0.482 e. The molecule has 0 saturated carbocycles. The molecule has 0 aliphatic carbocycles. The molecule has 1 aromatic carbocycles. The fraction of sp³-hybridized carbons (Fsp3) is 0.0909. The summed E-state index contributed by atoms with van der Waals surface area (Å²) in [5.74, 6) is 0.0644. The van der Waals surface area contributed by atoms with E-state index in [2.05, 4.69) is 4.98 Å². The predicted molar refractivity (Wildman–Crippen MR) is 63.8 cm³/mol. The molecule has 0 fully saturated rings. The summed E-state index contributed by atoms with van der Waals surface area (Å²) in [4.78, 5) is 13.5. The summed E-state index contributed by atoms with van der Waals surface area (Å²) in [6, 6.07) is 7.55. The zero-order valence-electron chi connectivity index (χ0n) is 8.40. The van der Waals surface area contributed by atoms with Crippen LogP contribution in [0, 0.1) is 4.64 Å². The number of benzene rings is 1. The monoisotopic (exact) mass is 234 g/mol. The molecule has 0 saturated heterocycles. The van der Waals surface area contributed by atoms with Crippen LogP contribution in [0.15, 0.2) is 30.5 Å². The van der Waals surface area contributed by atoms with E-state index < -0.39 is 5.91 Å². The first-order chi connectivity index (χ1) is 7.68. The van der Waals surface area contributed by atoms with Crippen LogP contribution in [0.2, 0.25) is 0 Å². The summed E-state index contributed by atoms with van der Waals surface area (Å²) in [6.45, 7) is -0.144. The second kappa shape index (κ2) is 4.32. The van der Waals surface area contributed by atoms with E-state index in [1.165, 1.54) is 0 Å². The summed E-state index contributed by atoms with van der Waals surface area (Å²) in [6.07, 6.45) is 1.63. The molecule has 0 radical (unpaired) electrons. The number of hydrogen-bond acceptors (Lipinski definition) is 3. The van der Waals surface area contributed by atoms with Crippen LogP contribution in [0.4, 0.5) is 0 Å². The van der Waals surface area contributed by atoms with Gasteiger partial charge < -0.3 is 15.5 Å². The van der Waals surface area contributed by atoms with Crippen molar-refractivity contribution in [1.82, 2.24) is 4.98 Å². The van der Waals surface area contributed by atoms with E-state index in [1.54, 1.807) is 6.20 Å². The van der Waals surface area contributed by atoms with Gasteiger partial charge in [-0.1, -0.05) is 36.5 Å². The Morgan fingerprint density at radius 1 is 1.38 bits per heavy atom. The normalized spacial score (nSPS) is 10.2. The maximum Gasteiger partial charge on any atom is 0.255 e. The van der Waals surface area contributed by atoms with Crippen molar-refractivity contribution in [1.29, 1.82) is 0 Å². The SMILES string of the molecule is NC(=O)COc1c[nH]c(=S)c2ccccc12. The third kappa shape index (κ3) is 2.04. The largest absolute Gasteiger partial charge is 0.482 e. The second-order valence-electron chi connectivity index (χ2n) is 3.28. The van der Waals surface area contributed by atoms with Crippen LogP contribution in [0.25, 0.3) is 10.8 Å². The molecule has 0 bridgehead atoms. The van der Waals surface area contributed by atoms with Crippen molar-refractivity contribution < 1.29 is 9.53 Å². The molecule has 1 amide bonds. The lowest BCUT2D eigenvalue weighted by molar-refractivity contribution is -0.119. The van der Waals surface area contributed by atoms with Crippen molar-refractivity contribution in [2.75, 3.05) is 6.61 Å². The van der Waals surface area contributed by atoms with E-state index in [4.69, 9.17) is 22.7 Å². The minimum atomic E-state index is -0.508. The molecule has 1 aromatic heterocycles. The number of primary amides is 1. The molecule has 0 aliphatic heterocycles. The van der Waals surface area contributed by atoms with Gasteiger partial charge in [0.2, 0.25) is 0 Å². The number of pyridine rings is 1. The highest BCUT2D eigenvalue weighted by Crippen LogP contribution is 2.24. The van der Waals surface area contributed by atoms with Crippen LogP contribution in [-0.2, 0) is 4.79 Å². The molecule has 82 valence electrons. The number of hydrogen-bond donors (Lipinski definition) is 2. The molecule has 4 nitrogen and oxygen atoms in total. The highest BCUT2D eigenvalue weighted by molar-refractivity contribution is 7.71. The summed E-state index contributed by atoms with van der Waals surface area (Å²) in [7, 11) is 0. The molecular formula is C11H10N2O2S. The van der Waals surface area contributed by atoms with Crippen molar-refractivity contribution in [3.63, 3.8) is 0 Å². The molecular weight excluding hydrogens is 224 g/mol. The molecule has 0 atom stereocenters. The van der Waals surface area contributed by atoms with Crippen LogP contribution in [0.3, 0.4) is 0 Å². The van der Waals surface area contributed by atoms with Crippen molar-refractivity contribution >= 4 is 28.9 Å². The second-order valence-corrected chi connectivity index (χ2v) is 3.69. The highest BCUT2D eigenvalue weighted by atomic mass is 32.1. The van der Waals surface area contributed by atoms with E-state index in [0.717, 1.165) is 10.8 Å². The Morgan fingerprint density at radius 2 is 2.06 bits per heavy atom. The number of fused-ring (bicyclic) bond motifs is 1. The Kier molecular flexibility index (Phi) is 2.87. The van der Waals surface area contributed by atoms with Crippen molar-refractivity contribution in [2.24, 2.45) is 5.73 Å². The van der Waals surface area contributed by atoms with Gasteiger partial charge in [-0.2, -0.15) is 0 Å². The first-order valence-corrected chi connectivity index (χ1v) is 5.11. The zero-order valence-corrected chi connectivity index (χ0v) is 9.21. The van der Waals surface area contributed by atoms with Crippen molar-refractivity contribution in [3.8, 4) is 5.75 Å². The van der Waals surface area contributed by atoms with Crippen LogP contribution < -0.4 is 10.5 Å². The van der Waals surface area contributed by atoms with Crippen LogP contribution >= 0.6 is 12.2 Å². The average Bonchev–Trinajstić information content (AvgIpc) is 2.28. The van der Waals surface area contributed by atoms with Gasteiger partial charge in [-0.25, -0.2) is 0 Å². The molecule has 2 rings (SSSR count). The number of nitrogens with one attached hydrogen (secondary N) is 1. The summed E-state index contributed by atoms with van der Waals surface area (Å²) in [5, 5.41) is 1.76. The Balaban J connectivity index is 2.50. The lowest BCUT2D eigenvalue weighted by Crippen LogP contribution is -2.20. The maximum absolute atomic E-state index is 10.6. The fourth-order valence-corrected chi connectivity index (χ4v) is 1.69. The molecule has 0 aliphatic rings. The van der Waals surface area contributed by atoms with Gasteiger partial charge in [0.25, 0.3) is 5.91 Å². The third-order valence-electron chi connectivity index (χ3n) is 2.14. The van der Waals surface area contributed by atoms with Crippen LogP contribution in [0.1, 0.15) is 0 Å². The van der Waals surface area contributed by atoms with E-state index in [0.29, 0.717) is 10.4 Å². The molecule has 3 N–H and O–H groups in total. The highest BCUT2D eigenvalue weighted by Gasteiger charge is 2.04. The number of rotatable bonds is 3. The Labute approximate surface area is 97.0 Å². The maximum atomic E-state index is 10.6. The lowest BCUT2D eigenvalue weighted by Gasteiger charge is -2.07. The van der Waals surface area contributed by atoms with Crippen LogP contribution in [0.5, 0.6) is 5.75 Å². The number of carbonyl (C=O) groups excluding carboxylic acids is 1. The van der Waals surface area contributed by atoms with Crippen molar-refractivity contribution in [3.05, 3.63) is 35.1 Å². The van der Waals surface area contributed by atoms with Crippen LogP contribution in [-0.4, -0.2) is 17.5 Å². The molecule has 1 heterocycles. The fourth-order valence-electron chi connectivity index (χ4n) is 1.45. The van der Waals surface area contributed by atoms with E-state index in [-0.39, 0.29) is 6.61 Å². The quantitative estimate of drug-likeness (QED) is 0.795. The molecule has 0 spiro atoms. The summed E-state index contributed by atoms with van der Waals surface area (Å²) >= 11 is 5.15. The van der Waals surface area contributed by atoms with Gasteiger partial charge >= 0.3 is 0 Å². The number of amides is 1.